The predicted octanol–water partition coefficient (Wildman–Crippen LogP) is 2.58. The van der Waals surface area contributed by atoms with Crippen LogP contribution in [0, 0.1) is 11.3 Å². The molecule has 0 aliphatic heterocycles. The third-order valence-corrected chi connectivity index (χ3v) is 3.54. The summed E-state index contributed by atoms with van der Waals surface area (Å²) in [6, 6.07) is 2.09. The predicted molar refractivity (Wildman–Crippen MR) is 54.6 cm³/mol. The SMILES string of the molecule is N#Cc1nc(Br)c(C(F)F)cc1S(=O)(=O)Cl. The Bertz CT molecular complexity index is 570. The van der Waals surface area contributed by atoms with Crippen molar-refractivity contribution >= 4 is 35.7 Å². The van der Waals surface area contributed by atoms with E-state index in [2.05, 4.69) is 20.9 Å². The first-order valence-corrected chi connectivity index (χ1v) is 6.71. The highest BCUT2D eigenvalue weighted by atomic mass is 79.9. The van der Waals surface area contributed by atoms with Gasteiger partial charge in [0, 0.05) is 10.7 Å². The molecule has 0 bridgehead atoms. The van der Waals surface area contributed by atoms with E-state index >= 15 is 0 Å². The Morgan fingerprint density at radius 3 is 2.50 bits per heavy atom. The van der Waals surface area contributed by atoms with Crippen LogP contribution < -0.4 is 0 Å². The molecule has 0 saturated carbocycles. The highest BCUT2D eigenvalue weighted by Gasteiger charge is 2.23. The zero-order valence-electron chi connectivity index (χ0n) is 7.29. The molecule has 86 valence electrons. The van der Waals surface area contributed by atoms with Crippen LogP contribution in [0.2, 0.25) is 0 Å². The molecular formula is C7H2BrClF2N2O2S. The van der Waals surface area contributed by atoms with Crippen LogP contribution in [0.3, 0.4) is 0 Å². The van der Waals surface area contributed by atoms with E-state index < -0.39 is 31.6 Å². The van der Waals surface area contributed by atoms with Gasteiger partial charge in [0.1, 0.15) is 15.6 Å². The zero-order valence-corrected chi connectivity index (χ0v) is 10.4. The molecule has 0 N–H and O–H groups in total. The molecule has 0 spiro atoms. The fraction of sp³-hybridized carbons (Fsp3) is 0.143. The van der Waals surface area contributed by atoms with Gasteiger partial charge in [-0.05, 0) is 22.0 Å². The monoisotopic (exact) mass is 330 g/mol. The molecule has 1 aromatic rings. The number of rotatable bonds is 2. The van der Waals surface area contributed by atoms with Crippen LogP contribution in [0.1, 0.15) is 17.7 Å². The summed E-state index contributed by atoms with van der Waals surface area (Å²) in [7, 11) is 0.707. The van der Waals surface area contributed by atoms with Crippen molar-refractivity contribution in [2.24, 2.45) is 0 Å². The van der Waals surface area contributed by atoms with Crippen molar-refractivity contribution in [3.8, 4) is 6.07 Å². The van der Waals surface area contributed by atoms with Gasteiger partial charge in [-0.15, -0.1) is 0 Å². The van der Waals surface area contributed by atoms with Crippen LogP contribution in [0.15, 0.2) is 15.6 Å². The van der Waals surface area contributed by atoms with Gasteiger partial charge in [-0.1, -0.05) is 0 Å². The molecule has 0 amide bonds. The Labute approximate surface area is 102 Å². The number of nitriles is 1. The van der Waals surface area contributed by atoms with Gasteiger partial charge in [0.2, 0.25) is 0 Å². The lowest BCUT2D eigenvalue weighted by atomic mass is 10.2. The van der Waals surface area contributed by atoms with Crippen molar-refractivity contribution in [1.82, 2.24) is 4.98 Å². The third kappa shape index (κ3) is 2.66. The van der Waals surface area contributed by atoms with E-state index in [0.29, 0.717) is 6.07 Å². The van der Waals surface area contributed by atoms with E-state index in [9.17, 15) is 17.2 Å². The van der Waals surface area contributed by atoms with Crippen LogP contribution in [0.25, 0.3) is 0 Å². The number of hydrogen-bond acceptors (Lipinski definition) is 4. The van der Waals surface area contributed by atoms with E-state index in [1.165, 1.54) is 6.07 Å². The van der Waals surface area contributed by atoms with Crippen molar-refractivity contribution < 1.29 is 17.2 Å². The first kappa shape index (κ1) is 13.3. The average molecular weight is 332 g/mol. The number of pyridine rings is 1. The summed E-state index contributed by atoms with van der Waals surface area (Å²) < 4.78 is 46.6. The van der Waals surface area contributed by atoms with E-state index in [0.717, 1.165) is 0 Å². The molecule has 0 atom stereocenters. The molecule has 9 heteroatoms. The standard InChI is InChI=1S/C7H2BrClF2N2O2S/c8-6-3(7(10)11)1-5(16(9,14)15)4(2-12)13-6/h1,7H. The maximum absolute atomic E-state index is 12.4. The minimum absolute atomic E-state index is 0.289. The molecule has 1 aromatic heterocycles. The maximum atomic E-state index is 12.4. The second kappa shape index (κ2) is 4.61. The quantitative estimate of drug-likeness (QED) is 0.617. The number of aromatic nitrogens is 1. The van der Waals surface area contributed by atoms with Crippen LogP contribution in [0.4, 0.5) is 8.78 Å². The molecule has 16 heavy (non-hydrogen) atoms. The normalized spacial score (nSPS) is 11.5. The molecule has 0 aromatic carbocycles. The molecule has 0 saturated heterocycles. The highest BCUT2D eigenvalue weighted by molar-refractivity contribution is 9.10. The summed E-state index contributed by atoms with van der Waals surface area (Å²) in [4.78, 5) is 2.66. The van der Waals surface area contributed by atoms with Crippen molar-refractivity contribution in [1.29, 1.82) is 5.26 Å². The number of alkyl halides is 2. The Hall–Kier alpha value is -0.780. The van der Waals surface area contributed by atoms with Crippen LogP contribution in [-0.4, -0.2) is 13.4 Å². The summed E-state index contributed by atoms with van der Waals surface area (Å²) in [5.74, 6) is 0. The van der Waals surface area contributed by atoms with Crippen LogP contribution in [-0.2, 0) is 9.05 Å². The number of hydrogen-bond donors (Lipinski definition) is 0. The lowest BCUT2D eigenvalue weighted by Gasteiger charge is -2.05. The lowest BCUT2D eigenvalue weighted by molar-refractivity contribution is 0.149. The molecule has 1 heterocycles. The number of nitrogens with zero attached hydrogens (tertiary/aromatic N) is 2. The topological polar surface area (TPSA) is 70.8 Å². The van der Waals surface area contributed by atoms with Crippen molar-refractivity contribution in [2.75, 3.05) is 0 Å². The van der Waals surface area contributed by atoms with Crippen molar-refractivity contribution in [3.63, 3.8) is 0 Å². The molecule has 1 rings (SSSR count). The smallest absolute Gasteiger partial charge is 0.228 e. The highest BCUT2D eigenvalue weighted by Crippen LogP contribution is 2.30. The summed E-state index contributed by atoms with van der Waals surface area (Å²) in [5.41, 5.74) is -1.18. The Morgan fingerprint density at radius 1 is 1.56 bits per heavy atom. The summed E-state index contributed by atoms with van der Waals surface area (Å²) >= 11 is 2.71. The first-order valence-electron chi connectivity index (χ1n) is 3.60. The second-order valence-electron chi connectivity index (χ2n) is 2.57. The Morgan fingerprint density at radius 2 is 2.12 bits per heavy atom. The molecule has 0 unspecified atom stereocenters. The van der Waals surface area contributed by atoms with Gasteiger partial charge in [0.25, 0.3) is 15.5 Å². The van der Waals surface area contributed by atoms with Crippen LogP contribution >= 0.6 is 26.6 Å². The maximum Gasteiger partial charge on any atom is 0.266 e. The second-order valence-corrected chi connectivity index (χ2v) is 5.85. The van der Waals surface area contributed by atoms with E-state index in [4.69, 9.17) is 15.9 Å². The summed E-state index contributed by atoms with van der Waals surface area (Å²) in [6.07, 6.45) is -2.92. The van der Waals surface area contributed by atoms with Gasteiger partial charge < -0.3 is 0 Å². The molecule has 4 nitrogen and oxygen atoms in total. The summed E-state index contributed by atoms with van der Waals surface area (Å²) in [5, 5.41) is 8.59. The van der Waals surface area contributed by atoms with E-state index in [-0.39, 0.29) is 4.60 Å². The van der Waals surface area contributed by atoms with Crippen molar-refractivity contribution in [2.45, 2.75) is 11.3 Å². The van der Waals surface area contributed by atoms with Gasteiger partial charge in [-0.2, -0.15) is 5.26 Å². The van der Waals surface area contributed by atoms with Gasteiger partial charge in [0.05, 0.1) is 5.56 Å². The zero-order chi connectivity index (χ0) is 12.5. The number of halogens is 4. The summed E-state index contributed by atoms with van der Waals surface area (Å²) in [6.45, 7) is 0. The fourth-order valence-electron chi connectivity index (χ4n) is 0.906. The van der Waals surface area contributed by atoms with Crippen LogP contribution in [0.5, 0.6) is 0 Å². The van der Waals surface area contributed by atoms with Gasteiger partial charge in [-0.3, -0.25) is 0 Å². The largest absolute Gasteiger partial charge is 0.266 e. The minimum atomic E-state index is -4.29. The Balaban J connectivity index is 3.62. The van der Waals surface area contributed by atoms with Gasteiger partial charge in [0.15, 0.2) is 5.69 Å². The molecular weight excluding hydrogens is 330 g/mol. The van der Waals surface area contributed by atoms with Crippen molar-refractivity contribution in [3.05, 3.63) is 21.9 Å². The molecule has 0 fully saturated rings. The minimum Gasteiger partial charge on any atom is -0.228 e. The first-order chi connectivity index (χ1) is 7.27. The van der Waals surface area contributed by atoms with E-state index in [1.807, 2.05) is 0 Å². The Kier molecular flexibility index (Phi) is 3.83. The average Bonchev–Trinajstić information content (AvgIpc) is 2.14. The third-order valence-electron chi connectivity index (χ3n) is 1.57. The fourth-order valence-corrected chi connectivity index (χ4v) is 2.31. The lowest BCUT2D eigenvalue weighted by Crippen LogP contribution is -2.02. The van der Waals surface area contributed by atoms with Gasteiger partial charge >= 0.3 is 0 Å². The molecule has 0 aliphatic rings. The van der Waals surface area contributed by atoms with Gasteiger partial charge in [-0.25, -0.2) is 22.2 Å². The molecule has 0 aliphatic carbocycles. The van der Waals surface area contributed by atoms with E-state index in [1.54, 1.807) is 0 Å². The molecule has 0 radical (unpaired) electrons.